The van der Waals surface area contributed by atoms with Crippen LogP contribution in [0.4, 0.5) is 0 Å². The van der Waals surface area contributed by atoms with E-state index in [0.717, 1.165) is 6.42 Å². The highest BCUT2D eigenvalue weighted by Crippen LogP contribution is 2.33. The smallest absolute Gasteiger partial charge is 0.303 e. The zero-order valence-electron chi connectivity index (χ0n) is 13.7. The maximum absolute atomic E-state index is 12.0. The largest absolute Gasteiger partial charge is 0.481 e. The van der Waals surface area contributed by atoms with Crippen molar-refractivity contribution in [2.45, 2.75) is 64.1 Å². The maximum atomic E-state index is 12.0. The summed E-state index contributed by atoms with van der Waals surface area (Å²) in [5.41, 5.74) is 0. The van der Waals surface area contributed by atoms with E-state index in [1.807, 2.05) is 19.1 Å². The van der Waals surface area contributed by atoms with Gasteiger partial charge >= 0.3 is 5.97 Å². The molecule has 3 N–H and O–H groups in total. The molecule has 0 aromatic carbocycles. The first-order valence-corrected chi connectivity index (χ1v) is 8.39. The van der Waals surface area contributed by atoms with Crippen molar-refractivity contribution in [3.05, 3.63) is 24.3 Å². The fraction of sp³-hybridized carbons (Fsp3) is 0.667. The van der Waals surface area contributed by atoms with Gasteiger partial charge in [-0.3, -0.25) is 9.59 Å². The number of carbonyl (C=O) groups excluding carboxylic acids is 1. The highest BCUT2D eigenvalue weighted by atomic mass is 16.4. The summed E-state index contributed by atoms with van der Waals surface area (Å²) in [7, 11) is 0. The van der Waals surface area contributed by atoms with Gasteiger partial charge in [0.1, 0.15) is 5.78 Å². The van der Waals surface area contributed by atoms with Gasteiger partial charge in [0, 0.05) is 24.7 Å². The molecule has 1 fully saturated rings. The average Bonchev–Trinajstić information content (AvgIpc) is 2.75. The first kappa shape index (κ1) is 19.6. The van der Waals surface area contributed by atoms with Gasteiger partial charge in [0.05, 0.1) is 12.2 Å². The molecule has 130 valence electrons. The number of allylic oxidation sites excluding steroid dienone is 3. The van der Waals surface area contributed by atoms with Crippen LogP contribution in [0.5, 0.6) is 0 Å². The van der Waals surface area contributed by atoms with E-state index in [1.54, 1.807) is 12.2 Å². The third-order valence-corrected chi connectivity index (χ3v) is 4.23. The number of unbranched alkanes of at least 4 members (excludes halogenated alkanes) is 1. The van der Waals surface area contributed by atoms with Gasteiger partial charge in [-0.15, -0.1) is 0 Å². The van der Waals surface area contributed by atoms with Crippen LogP contribution in [0.3, 0.4) is 0 Å². The Morgan fingerprint density at radius 2 is 2.09 bits per heavy atom. The zero-order chi connectivity index (χ0) is 17.2. The number of aliphatic hydroxyl groups is 2. The molecule has 0 aromatic heterocycles. The van der Waals surface area contributed by atoms with Crippen molar-refractivity contribution in [3.63, 3.8) is 0 Å². The maximum Gasteiger partial charge on any atom is 0.303 e. The number of carboxylic acids is 1. The van der Waals surface area contributed by atoms with E-state index < -0.39 is 18.2 Å². The van der Waals surface area contributed by atoms with Crippen LogP contribution in [-0.4, -0.2) is 39.3 Å². The van der Waals surface area contributed by atoms with Crippen LogP contribution in [-0.2, 0) is 9.59 Å². The molecule has 23 heavy (non-hydrogen) atoms. The van der Waals surface area contributed by atoms with E-state index in [4.69, 9.17) is 5.11 Å². The number of aliphatic carboxylic acids is 1. The average molecular weight is 324 g/mol. The van der Waals surface area contributed by atoms with Crippen LogP contribution in [0.2, 0.25) is 0 Å². The number of rotatable bonds is 10. The Kier molecular flexibility index (Phi) is 8.81. The fourth-order valence-electron chi connectivity index (χ4n) is 2.92. The monoisotopic (exact) mass is 324 g/mol. The van der Waals surface area contributed by atoms with E-state index in [0.29, 0.717) is 25.7 Å². The minimum Gasteiger partial charge on any atom is -0.481 e. The van der Waals surface area contributed by atoms with Crippen LogP contribution in [0.25, 0.3) is 0 Å². The summed E-state index contributed by atoms with van der Waals surface area (Å²) in [6.07, 6.45) is 9.54. The van der Waals surface area contributed by atoms with Crippen LogP contribution in [0.1, 0.15) is 51.9 Å². The Labute approximate surface area is 137 Å². The second-order valence-corrected chi connectivity index (χ2v) is 6.13. The molecule has 1 saturated carbocycles. The molecule has 0 bridgehead atoms. The second-order valence-electron chi connectivity index (χ2n) is 6.13. The van der Waals surface area contributed by atoms with Crippen molar-refractivity contribution in [3.8, 4) is 0 Å². The van der Waals surface area contributed by atoms with Crippen molar-refractivity contribution in [2.75, 3.05) is 0 Å². The number of carboxylic acid groups (broad SMARTS) is 1. The number of ketones is 1. The molecule has 0 heterocycles. The SMILES string of the molecule is CC/C=C\C[C@@H]1[C@@H](O)CC(=O)[C@@H]1/C=C/[C@H](O)CCCCC(=O)O. The first-order valence-electron chi connectivity index (χ1n) is 8.39. The summed E-state index contributed by atoms with van der Waals surface area (Å²) in [4.78, 5) is 22.4. The van der Waals surface area contributed by atoms with Crippen LogP contribution >= 0.6 is 0 Å². The van der Waals surface area contributed by atoms with Crippen molar-refractivity contribution >= 4 is 11.8 Å². The molecular formula is C18H28O5. The molecular weight excluding hydrogens is 296 g/mol. The van der Waals surface area contributed by atoms with E-state index in [9.17, 15) is 19.8 Å². The lowest BCUT2D eigenvalue weighted by atomic mass is 9.90. The van der Waals surface area contributed by atoms with Gasteiger partial charge in [0.2, 0.25) is 0 Å². The van der Waals surface area contributed by atoms with Gasteiger partial charge in [-0.25, -0.2) is 0 Å². The summed E-state index contributed by atoms with van der Waals surface area (Å²) < 4.78 is 0. The second kappa shape index (κ2) is 10.3. The van der Waals surface area contributed by atoms with Gasteiger partial charge in [-0.2, -0.15) is 0 Å². The number of Topliss-reactive ketones (excluding diaryl/α,β-unsaturated/α-hetero) is 1. The van der Waals surface area contributed by atoms with Crippen molar-refractivity contribution in [1.29, 1.82) is 0 Å². The summed E-state index contributed by atoms with van der Waals surface area (Å²) in [6.45, 7) is 2.03. The van der Waals surface area contributed by atoms with E-state index in [1.165, 1.54) is 0 Å². The lowest BCUT2D eigenvalue weighted by molar-refractivity contribution is -0.137. The third kappa shape index (κ3) is 7.10. The molecule has 5 heteroatoms. The Morgan fingerprint density at radius 3 is 2.74 bits per heavy atom. The normalized spacial score (nSPS) is 26.4. The summed E-state index contributed by atoms with van der Waals surface area (Å²) in [6, 6.07) is 0. The highest BCUT2D eigenvalue weighted by molar-refractivity contribution is 5.86. The van der Waals surface area contributed by atoms with Gasteiger partial charge in [0.15, 0.2) is 0 Å². The van der Waals surface area contributed by atoms with Gasteiger partial charge in [0.25, 0.3) is 0 Å². The summed E-state index contributed by atoms with van der Waals surface area (Å²) in [5.74, 6) is -1.29. The fourth-order valence-corrected chi connectivity index (χ4v) is 2.92. The van der Waals surface area contributed by atoms with Crippen LogP contribution in [0, 0.1) is 11.8 Å². The molecule has 0 aliphatic heterocycles. The number of aliphatic hydroxyl groups excluding tert-OH is 2. The zero-order valence-corrected chi connectivity index (χ0v) is 13.7. The summed E-state index contributed by atoms with van der Waals surface area (Å²) >= 11 is 0. The van der Waals surface area contributed by atoms with Crippen molar-refractivity contribution in [2.24, 2.45) is 11.8 Å². The predicted octanol–water partition coefficient (Wildman–Crippen LogP) is 2.47. The van der Waals surface area contributed by atoms with Crippen molar-refractivity contribution in [1.82, 2.24) is 0 Å². The molecule has 0 unspecified atom stereocenters. The Hall–Kier alpha value is -1.46. The third-order valence-electron chi connectivity index (χ3n) is 4.23. The minimum atomic E-state index is -0.830. The minimum absolute atomic E-state index is 0.0155. The number of hydrogen-bond donors (Lipinski definition) is 3. The molecule has 0 aromatic rings. The van der Waals surface area contributed by atoms with E-state index in [2.05, 4.69) is 0 Å². The van der Waals surface area contributed by atoms with Crippen LogP contribution in [0.15, 0.2) is 24.3 Å². The number of carbonyl (C=O) groups is 2. The van der Waals surface area contributed by atoms with E-state index in [-0.39, 0.29) is 30.5 Å². The van der Waals surface area contributed by atoms with E-state index >= 15 is 0 Å². The van der Waals surface area contributed by atoms with Crippen LogP contribution < -0.4 is 0 Å². The van der Waals surface area contributed by atoms with Crippen molar-refractivity contribution < 1.29 is 24.9 Å². The Balaban J connectivity index is 2.48. The molecule has 0 radical (unpaired) electrons. The molecule has 1 aliphatic rings. The van der Waals surface area contributed by atoms with Gasteiger partial charge in [-0.05, 0) is 32.1 Å². The molecule has 0 amide bonds. The molecule has 1 aliphatic carbocycles. The standard InChI is InChI=1S/C18H28O5/c1-2-3-4-8-14-15(17(21)12-16(14)20)11-10-13(19)7-5-6-9-18(22)23/h3-4,10-11,13-16,19-20H,2,5-9,12H2,1H3,(H,22,23)/b4-3-,11-10+/t13-,14+,15-,16+/m1/s1. The molecule has 5 nitrogen and oxygen atoms in total. The molecule has 0 saturated heterocycles. The van der Waals surface area contributed by atoms with Gasteiger partial charge in [-0.1, -0.05) is 31.2 Å². The first-order chi connectivity index (χ1) is 11.0. The van der Waals surface area contributed by atoms with Gasteiger partial charge < -0.3 is 15.3 Å². The molecule has 0 spiro atoms. The predicted molar refractivity (Wildman–Crippen MR) is 87.9 cm³/mol. The molecule has 1 rings (SSSR count). The lowest BCUT2D eigenvalue weighted by Gasteiger charge is -2.17. The Bertz CT molecular complexity index is 441. The Morgan fingerprint density at radius 1 is 1.35 bits per heavy atom. The summed E-state index contributed by atoms with van der Waals surface area (Å²) in [5, 5.41) is 28.5. The number of hydrogen-bond acceptors (Lipinski definition) is 4. The highest BCUT2D eigenvalue weighted by Gasteiger charge is 2.39. The molecule has 4 atom stereocenters. The lowest BCUT2D eigenvalue weighted by Crippen LogP contribution is -2.19. The topological polar surface area (TPSA) is 94.8 Å². The quantitative estimate of drug-likeness (QED) is 0.424.